The first-order valence-corrected chi connectivity index (χ1v) is 6.35. The third kappa shape index (κ3) is 4.42. The van der Waals surface area contributed by atoms with E-state index in [4.69, 9.17) is 11.6 Å². The number of halogens is 2. The zero-order valence-electron chi connectivity index (χ0n) is 6.54. The number of carbonyl (C=O) groups excluding carboxylic acids is 1. The van der Waals surface area contributed by atoms with Crippen LogP contribution in [0.5, 0.6) is 0 Å². The van der Waals surface area contributed by atoms with Crippen LogP contribution in [0.25, 0.3) is 0 Å². The molecule has 0 saturated carbocycles. The van der Waals surface area contributed by atoms with Gasteiger partial charge in [0.2, 0.25) is 0 Å². The van der Waals surface area contributed by atoms with Crippen LogP contribution in [-0.2, 0) is 4.79 Å². The van der Waals surface area contributed by atoms with Gasteiger partial charge in [0.05, 0.1) is 0 Å². The van der Waals surface area contributed by atoms with Gasteiger partial charge in [-0.15, -0.1) is 0 Å². The fourth-order valence-electron chi connectivity index (χ4n) is 0.706. The molecule has 0 aliphatic rings. The van der Waals surface area contributed by atoms with Crippen molar-refractivity contribution in [3.63, 3.8) is 0 Å². The maximum atomic E-state index is 12.7. The van der Waals surface area contributed by atoms with Gasteiger partial charge in [-0.2, -0.15) is 0 Å². The monoisotopic (exact) mass is 314 g/mol. The minimum atomic E-state index is -0.624. The molecule has 1 aromatic rings. The van der Waals surface area contributed by atoms with Crippen LogP contribution in [0.1, 0.15) is 0 Å². The van der Waals surface area contributed by atoms with E-state index in [1.807, 2.05) is 6.07 Å². The van der Waals surface area contributed by atoms with Crippen LogP contribution in [0, 0.1) is 5.82 Å². The summed E-state index contributed by atoms with van der Waals surface area (Å²) >= 11 is 4.47. The molecule has 13 heavy (non-hydrogen) atoms. The molecule has 0 radical (unpaired) electrons. The minimum absolute atomic E-state index is 0.242. The summed E-state index contributed by atoms with van der Waals surface area (Å²) in [5.74, 6) is -0.242. The molecule has 1 aromatic carbocycles. The third-order valence-electron chi connectivity index (χ3n) is 1.20. The Morgan fingerprint density at radius 2 is 2.31 bits per heavy atom. The van der Waals surface area contributed by atoms with Gasteiger partial charge in [-0.1, -0.05) is 0 Å². The number of hydrogen-bond acceptors (Lipinski definition) is 1. The molecule has 0 fully saturated rings. The fourth-order valence-corrected chi connectivity index (χ4v) is 2.96. The molecule has 68 valence electrons. The van der Waals surface area contributed by atoms with Gasteiger partial charge >= 0.3 is 90.8 Å². The van der Waals surface area contributed by atoms with E-state index >= 15 is 0 Å². The molecule has 0 spiro atoms. The van der Waals surface area contributed by atoms with E-state index in [0.717, 1.165) is 3.61 Å². The molecule has 0 aliphatic heterocycles. The second-order valence-corrected chi connectivity index (χ2v) is 5.35. The molecule has 0 aliphatic carbocycles. The van der Waals surface area contributed by atoms with Crippen LogP contribution in [0.4, 0.5) is 4.39 Å². The van der Waals surface area contributed by atoms with Crippen molar-refractivity contribution in [3.8, 4) is 0 Å². The topological polar surface area (TPSA) is 17.1 Å². The molecular weight excluding hydrogens is 306 g/mol. The third-order valence-corrected chi connectivity index (χ3v) is 3.60. The van der Waals surface area contributed by atoms with Gasteiger partial charge in [-0.05, 0) is 0 Å². The van der Waals surface area contributed by atoms with E-state index in [0.29, 0.717) is 0 Å². The Kier molecular flexibility index (Phi) is 4.44. The first-order chi connectivity index (χ1) is 6.18. The summed E-state index contributed by atoms with van der Waals surface area (Å²) in [4.78, 5) is 10.3. The molecule has 1 nitrogen and oxygen atoms in total. The Morgan fingerprint density at radius 3 is 2.92 bits per heavy atom. The number of hydrogen-bond donors (Lipinski definition) is 0. The first-order valence-electron chi connectivity index (χ1n) is 3.47. The van der Waals surface area contributed by atoms with Gasteiger partial charge < -0.3 is 0 Å². The molecule has 0 amide bonds. The summed E-state index contributed by atoms with van der Waals surface area (Å²) in [6.45, 7) is 0. The number of benzene rings is 1. The average Bonchev–Trinajstić information content (AvgIpc) is 2.03. The van der Waals surface area contributed by atoms with Crippen molar-refractivity contribution < 1.29 is 9.18 Å². The van der Waals surface area contributed by atoms with E-state index < -0.39 is 26.2 Å². The number of rotatable bonds is 3. The predicted molar refractivity (Wildman–Crippen MR) is 51.8 cm³/mol. The van der Waals surface area contributed by atoms with Gasteiger partial charge in [-0.3, -0.25) is 0 Å². The van der Waals surface area contributed by atoms with Crippen molar-refractivity contribution in [1.82, 2.24) is 0 Å². The maximum absolute atomic E-state index is 12.7. The Labute approximate surface area is 90.7 Å². The Bertz CT molecular complexity index is 338. The van der Waals surface area contributed by atoms with Crippen molar-refractivity contribution in [2.24, 2.45) is 0 Å². The number of carbonyl (C=O) groups is 1. The summed E-state index contributed by atoms with van der Waals surface area (Å²) in [7, 11) is 0. The molecule has 0 bridgehead atoms. The van der Waals surface area contributed by atoms with Crippen molar-refractivity contribution in [2.45, 2.75) is 0 Å². The first kappa shape index (κ1) is 10.7. The molecule has 0 atom stereocenters. The average molecular weight is 312 g/mol. The molecule has 1 rings (SSSR count). The molecule has 0 heterocycles. The van der Waals surface area contributed by atoms with Gasteiger partial charge in [0, 0.05) is 0 Å². The van der Waals surface area contributed by atoms with E-state index in [1.54, 1.807) is 10.2 Å². The van der Waals surface area contributed by atoms with Crippen LogP contribution in [-0.4, -0.2) is 26.2 Å². The number of allylic oxidation sites excluding steroid dienone is 1. The fraction of sp³-hybridized carbons (Fsp3) is 0. The van der Waals surface area contributed by atoms with E-state index in [2.05, 4.69) is 0 Å². The molecule has 0 unspecified atom stereocenters. The van der Waals surface area contributed by atoms with E-state index in [1.165, 1.54) is 18.2 Å². The van der Waals surface area contributed by atoms with E-state index in [-0.39, 0.29) is 5.82 Å². The van der Waals surface area contributed by atoms with Crippen molar-refractivity contribution >= 4 is 41.4 Å². The van der Waals surface area contributed by atoms with Crippen molar-refractivity contribution in [2.75, 3.05) is 0 Å². The van der Waals surface area contributed by atoms with E-state index in [9.17, 15) is 9.18 Å². The quantitative estimate of drug-likeness (QED) is 0.469. The SMILES string of the molecule is O=C(Cl)/C=C\[Te]c1cccc(F)c1. The summed E-state index contributed by atoms with van der Waals surface area (Å²) < 4.78 is 15.3. The second kappa shape index (κ2) is 5.39. The Hall–Kier alpha value is -0.360. The van der Waals surface area contributed by atoms with Gasteiger partial charge in [0.1, 0.15) is 0 Å². The van der Waals surface area contributed by atoms with Gasteiger partial charge in [0.15, 0.2) is 0 Å². The zero-order valence-corrected chi connectivity index (χ0v) is 9.62. The molecule has 0 aromatic heterocycles. The molecule has 0 saturated heterocycles. The van der Waals surface area contributed by atoms with Gasteiger partial charge in [0.25, 0.3) is 0 Å². The van der Waals surface area contributed by atoms with Crippen LogP contribution in [0.15, 0.2) is 34.5 Å². The predicted octanol–water partition coefficient (Wildman–Crippen LogP) is 1.43. The summed E-state index contributed by atoms with van der Waals surface area (Å²) in [6.07, 6.45) is 1.31. The summed E-state index contributed by atoms with van der Waals surface area (Å²) in [6, 6.07) is 6.37. The molecule has 0 N–H and O–H groups in total. The Morgan fingerprint density at radius 1 is 1.54 bits per heavy atom. The standard InChI is InChI=1S/C9H6ClFOTe/c10-9(12)4-5-13-8-3-1-2-7(11)6-8/h1-6H/b5-4-. The normalized spacial score (nSPS) is 10.6. The van der Waals surface area contributed by atoms with Crippen LogP contribution < -0.4 is 3.61 Å². The zero-order chi connectivity index (χ0) is 9.68. The van der Waals surface area contributed by atoms with Crippen molar-refractivity contribution in [3.05, 3.63) is 40.3 Å². The van der Waals surface area contributed by atoms with Crippen molar-refractivity contribution in [1.29, 1.82) is 0 Å². The summed E-state index contributed by atoms with van der Waals surface area (Å²) in [5.41, 5.74) is 0. The molecular formula is C9H6ClFOTe. The second-order valence-electron chi connectivity index (χ2n) is 2.18. The van der Waals surface area contributed by atoms with Crippen LogP contribution >= 0.6 is 11.6 Å². The van der Waals surface area contributed by atoms with Gasteiger partial charge in [-0.25, -0.2) is 0 Å². The summed E-state index contributed by atoms with van der Waals surface area (Å²) in [5, 5.41) is -0.485. The molecule has 4 heteroatoms. The Balaban J connectivity index is 2.59. The van der Waals surface area contributed by atoms with Crippen LogP contribution in [0.3, 0.4) is 0 Å². The van der Waals surface area contributed by atoms with Crippen LogP contribution in [0.2, 0.25) is 0 Å².